The molecule has 0 aliphatic carbocycles. The molecule has 16 heavy (non-hydrogen) atoms. The van der Waals surface area contributed by atoms with Gasteiger partial charge in [0.05, 0.1) is 17.1 Å². The number of hydrogen-bond donors (Lipinski definition) is 1. The van der Waals surface area contributed by atoms with Crippen LogP contribution in [0.3, 0.4) is 0 Å². The molecule has 0 spiro atoms. The van der Waals surface area contributed by atoms with Crippen LogP contribution in [0.25, 0.3) is 5.13 Å². The molecule has 0 aliphatic rings. The Kier molecular flexibility index (Phi) is 2.67. The molecule has 0 saturated carbocycles. The highest BCUT2D eigenvalue weighted by molar-refractivity contribution is 7.08. The van der Waals surface area contributed by atoms with E-state index in [9.17, 15) is 0 Å². The van der Waals surface area contributed by atoms with Crippen molar-refractivity contribution < 1.29 is 0 Å². The lowest BCUT2D eigenvalue weighted by molar-refractivity contribution is 0.771. The predicted molar refractivity (Wildman–Crippen MR) is 65.0 cm³/mol. The number of aryl methyl sites for hydroxylation is 1. The lowest BCUT2D eigenvalue weighted by Gasteiger charge is -1.98. The summed E-state index contributed by atoms with van der Waals surface area (Å²) < 4.78 is 6.06. The molecule has 0 saturated heterocycles. The van der Waals surface area contributed by atoms with Crippen LogP contribution in [-0.2, 0) is 0 Å². The molecule has 0 aromatic carbocycles. The minimum atomic E-state index is 0.333. The zero-order chi connectivity index (χ0) is 11.9. The van der Waals surface area contributed by atoms with E-state index in [1.54, 1.807) is 4.68 Å². The van der Waals surface area contributed by atoms with Gasteiger partial charge in [-0.15, -0.1) is 0 Å². The van der Waals surface area contributed by atoms with Crippen LogP contribution < -0.4 is 5.73 Å². The maximum atomic E-state index is 5.88. The third-order valence-corrected chi connectivity index (χ3v) is 3.18. The number of anilines is 1. The average Bonchev–Trinajstić information content (AvgIpc) is 2.79. The first-order valence-electron chi connectivity index (χ1n) is 5.16. The molecule has 6 heteroatoms. The second-order valence-corrected chi connectivity index (χ2v) is 4.82. The first kappa shape index (κ1) is 11.1. The summed E-state index contributed by atoms with van der Waals surface area (Å²) in [5.74, 6) is 1.19. The van der Waals surface area contributed by atoms with Crippen molar-refractivity contribution in [2.45, 2.75) is 33.6 Å². The number of rotatable bonds is 2. The summed E-state index contributed by atoms with van der Waals surface area (Å²) in [6, 6.07) is 0. The molecule has 2 N–H and O–H groups in total. The van der Waals surface area contributed by atoms with E-state index in [4.69, 9.17) is 5.73 Å². The first-order chi connectivity index (χ1) is 7.50. The van der Waals surface area contributed by atoms with Gasteiger partial charge in [0.2, 0.25) is 5.13 Å². The van der Waals surface area contributed by atoms with Gasteiger partial charge in [0.15, 0.2) is 0 Å². The number of nitrogens with two attached hydrogens (primary N) is 1. The van der Waals surface area contributed by atoms with Gasteiger partial charge in [0.1, 0.15) is 5.82 Å². The molecule has 0 fully saturated rings. The highest BCUT2D eigenvalue weighted by Crippen LogP contribution is 2.22. The minimum absolute atomic E-state index is 0.333. The van der Waals surface area contributed by atoms with Crippen LogP contribution in [-0.4, -0.2) is 19.1 Å². The van der Waals surface area contributed by atoms with Crippen LogP contribution in [0, 0.1) is 13.8 Å². The minimum Gasteiger partial charge on any atom is -0.396 e. The van der Waals surface area contributed by atoms with Gasteiger partial charge in [0.25, 0.3) is 0 Å². The van der Waals surface area contributed by atoms with Gasteiger partial charge in [-0.05, 0) is 13.8 Å². The van der Waals surface area contributed by atoms with Crippen LogP contribution >= 0.6 is 11.5 Å². The average molecular weight is 237 g/mol. The monoisotopic (exact) mass is 237 g/mol. The van der Waals surface area contributed by atoms with E-state index < -0.39 is 0 Å². The van der Waals surface area contributed by atoms with E-state index in [-0.39, 0.29) is 0 Å². The molecule has 0 aliphatic heterocycles. The van der Waals surface area contributed by atoms with Crippen molar-refractivity contribution >= 4 is 17.2 Å². The zero-order valence-corrected chi connectivity index (χ0v) is 10.7. The van der Waals surface area contributed by atoms with E-state index in [1.165, 1.54) is 11.5 Å². The summed E-state index contributed by atoms with van der Waals surface area (Å²) in [5.41, 5.74) is 8.36. The molecular formula is C10H15N5S. The third-order valence-electron chi connectivity index (χ3n) is 2.48. The highest BCUT2D eigenvalue weighted by Gasteiger charge is 2.14. The van der Waals surface area contributed by atoms with Gasteiger partial charge in [0, 0.05) is 17.5 Å². The summed E-state index contributed by atoms with van der Waals surface area (Å²) in [6.45, 7) is 7.97. The molecule has 86 valence electrons. The summed E-state index contributed by atoms with van der Waals surface area (Å²) in [5, 5.41) is 5.13. The lowest BCUT2D eigenvalue weighted by Crippen LogP contribution is -2.00. The first-order valence-corrected chi connectivity index (χ1v) is 5.93. The molecule has 5 nitrogen and oxygen atoms in total. The second kappa shape index (κ2) is 3.86. The van der Waals surface area contributed by atoms with Crippen LogP contribution in [0.4, 0.5) is 5.69 Å². The molecule has 2 aromatic rings. The molecule has 0 radical (unpaired) electrons. The van der Waals surface area contributed by atoms with Crippen molar-refractivity contribution in [3.63, 3.8) is 0 Å². The Morgan fingerprint density at radius 1 is 1.31 bits per heavy atom. The summed E-state index contributed by atoms with van der Waals surface area (Å²) >= 11 is 1.35. The molecule has 0 unspecified atom stereocenters. The fraction of sp³-hybridized carbons (Fsp3) is 0.500. The lowest BCUT2D eigenvalue weighted by atomic mass is 10.2. The van der Waals surface area contributed by atoms with Gasteiger partial charge < -0.3 is 5.73 Å². The molecule has 2 heterocycles. The van der Waals surface area contributed by atoms with E-state index in [0.29, 0.717) is 5.92 Å². The summed E-state index contributed by atoms with van der Waals surface area (Å²) in [7, 11) is 0. The van der Waals surface area contributed by atoms with Crippen LogP contribution in [0.5, 0.6) is 0 Å². The van der Waals surface area contributed by atoms with Crippen molar-refractivity contribution in [3.8, 4) is 5.13 Å². The van der Waals surface area contributed by atoms with E-state index in [2.05, 4.69) is 28.3 Å². The molecule has 0 bridgehead atoms. The Labute approximate surface area is 98.5 Å². The van der Waals surface area contributed by atoms with Gasteiger partial charge in [-0.2, -0.15) is 9.47 Å². The molecule has 0 amide bonds. The van der Waals surface area contributed by atoms with E-state index in [0.717, 1.165) is 28.0 Å². The molecule has 2 rings (SSSR count). The molecule has 2 aromatic heterocycles. The predicted octanol–water partition coefficient (Wildman–Crippen LogP) is 2.05. The van der Waals surface area contributed by atoms with Crippen molar-refractivity contribution in [1.82, 2.24) is 19.1 Å². The number of aromatic nitrogens is 4. The van der Waals surface area contributed by atoms with Gasteiger partial charge in [-0.25, -0.2) is 9.67 Å². The normalized spacial score (nSPS) is 11.3. The summed E-state index contributed by atoms with van der Waals surface area (Å²) in [6.07, 6.45) is 0. The van der Waals surface area contributed by atoms with Gasteiger partial charge >= 0.3 is 0 Å². The highest BCUT2D eigenvalue weighted by atomic mass is 32.1. The quantitative estimate of drug-likeness (QED) is 0.867. The van der Waals surface area contributed by atoms with Crippen LogP contribution in [0.2, 0.25) is 0 Å². The Hall–Kier alpha value is -1.43. The van der Waals surface area contributed by atoms with Crippen molar-refractivity contribution in [1.29, 1.82) is 0 Å². The van der Waals surface area contributed by atoms with E-state index in [1.807, 2.05) is 13.8 Å². The smallest absolute Gasteiger partial charge is 0.230 e. The standard InChI is InChI=1S/C10H15N5S/c1-5(2)9-12-10(16-14-9)15-7(4)8(11)6(3)13-15/h5H,11H2,1-4H3. The maximum absolute atomic E-state index is 5.88. The third kappa shape index (κ3) is 1.69. The topological polar surface area (TPSA) is 69.6 Å². The Morgan fingerprint density at radius 2 is 2.00 bits per heavy atom. The largest absolute Gasteiger partial charge is 0.396 e. The van der Waals surface area contributed by atoms with Gasteiger partial charge in [-0.1, -0.05) is 13.8 Å². The number of hydrogen-bond acceptors (Lipinski definition) is 5. The van der Waals surface area contributed by atoms with Crippen LogP contribution in [0.15, 0.2) is 0 Å². The molecule has 0 atom stereocenters. The van der Waals surface area contributed by atoms with Crippen LogP contribution in [0.1, 0.15) is 37.0 Å². The van der Waals surface area contributed by atoms with Crippen molar-refractivity contribution in [3.05, 3.63) is 17.2 Å². The Balaban J connectivity index is 2.46. The fourth-order valence-electron chi connectivity index (χ4n) is 1.39. The van der Waals surface area contributed by atoms with Gasteiger partial charge in [-0.3, -0.25) is 0 Å². The zero-order valence-electron chi connectivity index (χ0n) is 9.85. The summed E-state index contributed by atoms with van der Waals surface area (Å²) in [4.78, 5) is 4.45. The SMILES string of the molecule is Cc1nn(-c2nc(C(C)C)ns2)c(C)c1N. The maximum Gasteiger partial charge on any atom is 0.230 e. The van der Waals surface area contributed by atoms with Crippen molar-refractivity contribution in [2.75, 3.05) is 5.73 Å². The molecular weight excluding hydrogens is 222 g/mol. The van der Waals surface area contributed by atoms with Crippen molar-refractivity contribution in [2.24, 2.45) is 0 Å². The number of nitrogens with zero attached hydrogens (tertiary/aromatic N) is 4. The number of nitrogen functional groups attached to an aromatic ring is 1. The van der Waals surface area contributed by atoms with E-state index >= 15 is 0 Å². The fourth-order valence-corrected chi connectivity index (χ4v) is 2.20. The Bertz CT molecular complexity index is 511. The second-order valence-electron chi connectivity index (χ2n) is 4.09. The Morgan fingerprint density at radius 3 is 2.44 bits per heavy atom.